The zero-order chi connectivity index (χ0) is 9.97. The largest absolute Gasteiger partial charge is 0.312 e. The van der Waals surface area contributed by atoms with E-state index in [1.807, 2.05) is 0 Å². The topological polar surface area (TPSA) is 15.3 Å². The van der Waals surface area contributed by atoms with Gasteiger partial charge in [0.15, 0.2) is 0 Å². The van der Waals surface area contributed by atoms with E-state index in [9.17, 15) is 0 Å². The van der Waals surface area contributed by atoms with Crippen LogP contribution in [0.2, 0.25) is 0 Å². The van der Waals surface area contributed by atoms with Crippen LogP contribution in [0.15, 0.2) is 0 Å². The molecule has 82 valence electrons. The van der Waals surface area contributed by atoms with Crippen LogP contribution in [-0.4, -0.2) is 36.6 Å². The Hall–Kier alpha value is -0.0800. The molecule has 2 saturated heterocycles. The quantitative estimate of drug-likeness (QED) is 0.741. The van der Waals surface area contributed by atoms with E-state index in [1.54, 1.807) is 0 Å². The van der Waals surface area contributed by atoms with Crippen molar-refractivity contribution in [2.45, 2.75) is 51.6 Å². The van der Waals surface area contributed by atoms with Gasteiger partial charge < -0.3 is 5.32 Å². The number of rotatable bonds is 3. The predicted molar refractivity (Wildman–Crippen MR) is 60.5 cm³/mol. The van der Waals surface area contributed by atoms with Crippen LogP contribution >= 0.6 is 0 Å². The van der Waals surface area contributed by atoms with Crippen molar-refractivity contribution >= 4 is 0 Å². The summed E-state index contributed by atoms with van der Waals surface area (Å²) in [5, 5.41) is 3.64. The number of hydrogen-bond acceptors (Lipinski definition) is 2. The molecule has 2 aliphatic heterocycles. The average molecular weight is 196 g/mol. The van der Waals surface area contributed by atoms with E-state index in [0.717, 1.165) is 18.0 Å². The summed E-state index contributed by atoms with van der Waals surface area (Å²) in [6.07, 6.45) is 5.55. The second-order valence-electron chi connectivity index (χ2n) is 5.03. The van der Waals surface area contributed by atoms with Crippen molar-refractivity contribution in [2.24, 2.45) is 5.92 Å². The van der Waals surface area contributed by atoms with Crippen molar-refractivity contribution in [1.29, 1.82) is 0 Å². The van der Waals surface area contributed by atoms with Crippen LogP contribution in [0.5, 0.6) is 0 Å². The minimum atomic E-state index is 0.766. The normalized spacial score (nSPS) is 39.4. The van der Waals surface area contributed by atoms with Gasteiger partial charge in [-0.25, -0.2) is 0 Å². The van der Waals surface area contributed by atoms with Gasteiger partial charge >= 0.3 is 0 Å². The van der Waals surface area contributed by atoms with Crippen LogP contribution in [0.1, 0.15) is 39.5 Å². The van der Waals surface area contributed by atoms with Gasteiger partial charge in [0.05, 0.1) is 0 Å². The van der Waals surface area contributed by atoms with Gasteiger partial charge in [0.25, 0.3) is 0 Å². The zero-order valence-electron chi connectivity index (χ0n) is 9.63. The van der Waals surface area contributed by atoms with Crippen LogP contribution in [0.4, 0.5) is 0 Å². The van der Waals surface area contributed by atoms with Gasteiger partial charge in [0, 0.05) is 18.6 Å². The van der Waals surface area contributed by atoms with Gasteiger partial charge in [-0.05, 0) is 44.7 Å². The SMILES string of the molecule is CCC1CCCN1CC1NCCC1C. The maximum atomic E-state index is 3.64. The smallest absolute Gasteiger partial charge is 0.0221 e. The molecule has 14 heavy (non-hydrogen) atoms. The molecule has 2 nitrogen and oxygen atoms in total. The summed E-state index contributed by atoms with van der Waals surface area (Å²) in [6, 6.07) is 1.65. The lowest BCUT2D eigenvalue weighted by Gasteiger charge is -2.28. The van der Waals surface area contributed by atoms with Gasteiger partial charge in [-0.15, -0.1) is 0 Å². The van der Waals surface area contributed by atoms with E-state index in [1.165, 1.54) is 45.3 Å². The summed E-state index contributed by atoms with van der Waals surface area (Å²) in [4.78, 5) is 2.71. The van der Waals surface area contributed by atoms with Crippen molar-refractivity contribution in [1.82, 2.24) is 10.2 Å². The molecule has 3 atom stereocenters. The average Bonchev–Trinajstić information content (AvgIpc) is 2.77. The molecule has 0 spiro atoms. The molecule has 0 aromatic carbocycles. The molecule has 1 N–H and O–H groups in total. The van der Waals surface area contributed by atoms with Crippen molar-refractivity contribution in [3.63, 3.8) is 0 Å². The monoisotopic (exact) mass is 196 g/mol. The molecule has 3 unspecified atom stereocenters. The summed E-state index contributed by atoms with van der Waals surface area (Å²) in [6.45, 7) is 8.58. The highest BCUT2D eigenvalue weighted by Gasteiger charge is 2.29. The fourth-order valence-corrected chi connectivity index (χ4v) is 2.99. The highest BCUT2D eigenvalue weighted by molar-refractivity contribution is 4.87. The van der Waals surface area contributed by atoms with Crippen LogP contribution < -0.4 is 5.32 Å². The molecule has 2 heterocycles. The van der Waals surface area contributed by atoms with Gasteiger partial charge in [-0.3, -0.25) is 4.90 Å². The Morgan fingerprint density at radius 2 is 2.21 bits per heavy atom. The third-order valence-electron chi connectivity index (χ3n) is 4.09. The first-order valence-electron chi connectivity index (χ1n) is 6.28. The third-order valence-corrected chi connectivity index (χ3v) is 4.09. The first kappa shape index (κ1) is 10.4. The van der Waals surface area contributed by atoms with Crippen LogP contribution in [0, 0.1) is 5.92 Å². The van der Waals surface area contributed by atoms with Crippen LogP contribution in [0.25, 0.3) is 0 Å². The molecule has 2 aliphatic rings. The standard InChI is InChI=1S/C12H24N2/c1-3-11-5-4-8-14(11)9-12-10(2)6-7-13-12/h10-13H,3-9H2,1-2H3. The maximum absolute atomic E-state index is 3.64. The Bertz CT molecular complexity index is 181. The Balaban J connectivity index is 1.83. The second kappa shape index (κ2) is 4.63. The molecular weight excluding hydrogens is 172 g/mol. The number of likely N-dealkylation sites (tertiary alicyclic amines) is 1. The molecule has 0 aromatic heterocycles. The lowest BCUT2D eigenvalue weighted by molar-refractivity contribution is 0.213. The molecule has 0 amide bonds. The molecule has 2 rings (SSSR count). The van der Waals surface area contributed by atoms with E-state index < -0.39 is 0 Å². The van der Waals surface area contributed by atoms with Crippen molar-refractivity contribution in [3.05, 3.63) is 0 Å². The fourth-order valence-electron chi connectivity index (χ4n) is 2.99. The summed E-state index contributed by atoms with van der Waals surface area (Å²) in [5.41, 5.74) is 0. The van der Waals surface area contributed by atoms with Gasteiger partial charge in [0.1, 0.15) is 0 Å². The van der Waals surface area contributed by atoms with E-state index in [0.29, 0.717) is 0 Å². The Labute approximate surface area is 88.1 Å². The van der Waals surface area contributed by atoms with Gasteiger partial charge in [0.2, 0.25) is 0 Å². The molecule has 2 heteroatoms. The Kier molecular flexibility index (Phi) is 3.45. The second-order valence-corrected chi connectivity index (χ2v) is 5.03. The highest BCUT2D eigenvalue weighted by atomic mass is 15.2. The number of nitrogens with zero attached hydrogens (tertiary/aromatic N) is 1. The molecule has 2 fully saturated rings. The van der Waals surface area contributed by atoms with Crippen molar-refractivity contribution in [2.75, 3.05) is 19.6 Å². The summed E-state index contributed by atoms with van der Waals surface area (Å²) in [5.74, 6) is 0.883. The Morgan fingerprint density at radius 3 is 2.86 bits per heavy atom. The van der Waals surface area contributed by atoms with Gasteiger partial charge in [-0.2, -0.15) is 0 Å². The summed E-state index contributed by atoms with van der Waals surface area (Å²) >= 11 is 0. The minimum absolute atomic E-state index is 0.766. The van der Waals surface area contributed by atoms with E-state index in [2.05, 4.69) is 24.1 Å². The van der Waals surface area contributed by atoms with Crippen molar-refractivity contribution < 1.29 is 0 Å². The summed E-state index contributed by atoms with van der Waals surface area (Å²) < 4.78 is 0. The number of nitrogens with one attached hydrogen (secondary N) is 1. The molecule has 0 aliphatic carbocycles. The first-order valence-corrected chi connectivity index (χ1v) is 6.28. The van der Waals surface area contributed by atoms with E-state index >= 15 is 0 Å². The Morgan fingerprint density at radius 1 is 1.36 bits per heavy atom. The minimum Gasteiger partial charge on any atom is -0.312 e. The maximum Gasteiger partial charge on any atom is 0.0221 e. The third kappa shape index (κ3) is 2.12. The highest BCUT2D eigenvalue weighted by Crippen LogP contribution is 2.23. The zero-order valence-corrected chi connectivity index (χ0v) is 9.63. The fraction of sp³-hybridized carbons (Fsp3) is 1.00. The first-order chi connectivity index (χ1) is 6.81. The molecule has 0 radical (unpaired) electrons. The predicted octanol–water partition coefficient (Wildman–Crippen LogP) is 1.86. The van der Waals surface area contributed by atoms with Crippen LogP contribution in [-0.2, 0) is 0 Å². The van der Waals surface area contributed by atoms with Crippen molar-refractivity contribution in [3.8, 4) is 0 Å². The number of hydrogen-bond donors (Lipinski definition) is 1. The van der Waals surface area contributed by atoms with E-state index in [4.69, 9.17) is 0 Å². The summed E-state index contributed by atoms with van der Waals surface area (Å²) in [7, 11) is 0. The molecular formula is C12H24N2. The molecule has 0 bridgehead atoms. The molecule has 0 saturated carbocycles. The lowest BCUT2D eigenvalue weighted by Crippen LogP contribution is -2.42. The van der Waals surface area contributed by atoms with Gasteiger partial charge in [-0.1, -0.05) is 13.8 Å². The van der Waals surface area contributed by atoms with E-state index in [-0.39, 0.29) is 0 Å². The lowest BCUT2D eigenvalue weighted by atomic mass is 10.0. The van der Waals surface area contributed by atoms with Crippen LogP contribution in [0.3, 0.4) is 0 Å². The molecule has 0 aromatic rings.